The number of rotatable bonds is 13. The zero-order chi connectivity index (χ0) is 33.7. The van der Waals surface area contributed by atoms with Gasteiger partial charge in [-0.15, -0.1) is 0 Å². The molecular formula is C35H41N3O8. The summed E-state index contributed by atoms with van der Waals surface area (Å²) in [5, 5.41) is 7.79. The minimum atomic E-state index is -1.92. The summed E-state index contributed by atoms with van der Waals surface area (Å²) >= 11 is 0. The largest absolute Gasteiger partial charge is 0.459 e. The quantitative estimate of drug-likeness (QED) is 0.189. The van der Waals surface area contributed by atoms with Crippen molar-refractivity contribution in [3.8, 4) is 0 Å². The Bertz CT molecular complexity index is 1480. The van der Waals surface area contributed by atoms with Crippen LogP contribution in [0, 0.1) is 0 Å². The van der Waals surface area contributed by atoms with E-state index in [2.05, 4.69) is 16.0 Å². The molecule has 244 valence electrons. The van der Waals surface area contributed by atoms with Crippen LogP contribution in [0.4, 0.5) is 4.79 Å². The topological polar surface area (TPSA) is 149 Å². The lowest BCUT2D eigenvalue weighted by Crippen LogP contribution is -2.66. The van der Waals surface area contributed by atoms with Crippen LogP contribution in [-0.2, 0) is 41.6 Å². The molecular weight excluding hydrogens is 590 g/mol. The van der Waals surface area contributed by atoms with Gasteiger partial charge in [0.2, 0.25) is 11.8 Å². The van der Waals surface area contributed by atoms with E-state index >= 15 is 0 Å². The van der Waals surface area contributed by atoms with E-state index < -0.39 is 59.7 Å². The van der Waals surface area contributed by atoms with Crippen molar-refractivity contribution in [1.29, 1.82) is 0 Å². The molecule has 3 rings (SSSR count). The van der Waals surface area contributed by atoms with E-state index in [1.54, 1.807) is 93.6 Å². The zero-order valence-corrected chi connectivity index (χ0v) is 26.7. The fraction of sp³-hybridized carbons (Fsp3) is 0.343. The number of esters is 2. The number of hydrogen-bond acceptors (Lipinski definition) is 8. The van der Waals surface area contributed by atoms with E-state index in [0.29, 0.717) is 5.56 Å². The highest BCUT2D eigenvalue weighted by atomic mass is 16.6. The molecule has 3 aromatic rings. The van der Waals surface area contributed by atoms with Crippen molar-refractivity contribution in [2.24, 2.45) is 0 Å². The second-order valence-corrected chi connectivity index (χ2v) is 11.8. The summed E-state index contributed by atoms with van der Waals surface area (Å²) in [5.41, 5.74) is -1.10. The van der Waals surface area contributed by atoms with Crippen LogP contribution in [0.25, 0.3) is 0 Å². The van der Waals surface area contributed by atoms with E-state index in [1.165, 1.54) is 13.8 Å². The van der Waals surface area contributed by atoms with E-state index in [1.807, 2.05) is 18.2 Å². The van der Waals surface area contributed by atoms with Crippen LogP contribution in [0.2, 0.25) is 0 Å². The second-order valence-electron chi connectivity index (χ2n) is 11.8. The maximum atomic E-state index is 14.1. The minimum absolute atomic E-state index is 0.00564. The van der Waals surface area contributed by atoms with Crippen LogP contribution >= 0.6 is 0 Å². The van der Waals surface area contributed by atoms with Crippen molar-refractivity contribution >= 4 is 29.8 Å². The number of nitrogens with one attached hydrogen (secondary N) is 3. The summed E-state index contributed by atoms with van der Waals surface area (Å²) in [6.45, 7) is 7.30. The number of hydrogen-bond donors (Lipinski definition) is 3. The molecule has 46 heavy (non-hydrogen) atoms. The predicted molar refractivity (Wildman–Crippen MR) is 170 cm³/mol. The lowest BCUT2D eigenvalue weighted by molar-refractivity contribution is -0.149. The van der Waals surface area contributed by atoms with Crippen molar-refractivity contribution < 1.29 is 38.2 Å². The molecule has 3 N–H and O–H groups in total. The Labute approximate surface area is 269 Å². The van der Waals surface area contributed by atoms with Gasteiger partial charge in [0.05, 0.1) is 5.56 Å². The number of carbonyl (C=O) groups is 5. The van der Waals surface area contributed by atoms with Crippen molar-refractivity contribution in [2.75, 3.05) is 6.61 Å². The van der Waals surface area contributed by atoms with Gasteiger partial charge in [0, 0.05) is 6.42 Å². The SMILES string of the molecule is C[C@H](NC(=O)OC(C)(C)C)C(=O)N[C@@](COC(=O)c1ccccc1)(Cc1ccccc1)C(=O)N[C@@H](C)C(=O)OCc1ccccc1. The maximum absolute atomic E-state index is 14.1. The smallest absolute Gasteiger partial charge is 0.408 e. The molecule has 0 aromatic heterocycles. The molecule has 11 heteroatoms. The first kappa shape index (κ1) is 35.3. The summed E-state index contributed by atoms with van der Waals surface area (Å²) in [5.74, 6) is -3.00. The number of alkyl carbamates (subject to hydrolysis) is 1. The Morgan fingerprint density at radius 3 is 1.80 bits per heavy atom. The van der Waals surface area contributed by atoms with Gasteiger partial charge in [-0.05, 0) is 57.9 Å². The highest BCUT2D eigenvalue weighted by Crippen LogP contribution is 2.18. The monoisotopic (exact) mass is 631 g/mol. The fourth-order valence-electron chi connectivity index (χ4n) is 4.27. The molecule has 0 spiro atoms. The van der Waals surface area contributed by atoms with Crippen molar-refractivity contribution in [1.82, 2.24) is 16.0 Å². The number of benzene rings is 3. The van der Waals surface area contributed by atoms with E-state index in [0.717, 1.165) is 5.56 Å². The summed E-state index contributed by atoms with van der Waals surface area (Å²) in [7, 11) is 0. The van der Waals surface area contributed by atoms with Gasteiger partial charge in [-0.3, -0.25) is 9.59 Å². The summed E-state index contributed by atoms with van der Waals surface area (Å²) in [6, 6.07) is 23.7. The average molecular weight is 632 g/mol. The van der Waals surface area contributed by atoms with Crippen molar-refractivity contribution in [3.63, 3.8) is 0 Å². The molecule has 0 heterocycles. The first-order valence-electron chi connectivity index (χ1n) is 14.9. The van der Waals surface area contributed by atoms with Crippen LogP contribution in [-0.4, -0.2) is 59.7 Å². The molecule has 11 nitrogen and oxygen atoms in total. The minimum Gasteiger partial charge on any atom is -0.459 e. The molecule has 3 atom stereocenters. The molecule has 0 aliphatic heterocycles. The molecule has 3 amide bonds. The van der Waals surface area contributed by atoms with Gasteiger partial charge < -0.3 is 30.2 Å². The lowest BCUT2D eigenvalue weighted by atomic mass is 9.89. The number of ether oxygens (including phenoxy) is 3. The Hall–Kier alpha value is -5.19. The number of amides is 3. The Morgan fingerprint density at radius 1 is 0.696 bits per heavy atom. The van der Waals surface area contributed by atoms with Crippen molar-refractivity contribution in [3.05, 3.63) is 108 Å². The zero-order valence-electron chi connectivity index (χ0n) is 26.7. The summed E-state index contributed by atoms with van der Waals surface area (Å²) in [4.78, 5) is 66.0. The second kappa shape index (κ2) is 16.2. The van der Waals surface area contributed by atoms with E-state index in [9.17, 15) is 24.0 Å². The molecule has 0 aliphatic rings. The molecule has 0 aliphatic carbocycles. The third kappa shape index (κ3) is 11.1. The van der Waals surface area contributed by atoms with Crippen LogP contribution in [0.5, 0.6) is 0 Å². The predicted octanol–water partition coefficient (Wildman–Crippen LogP) is 4.10. The molecule has 0 fully saturated rings. The normalized spacial score (nSPS) is 13.6. The Kier molecular flexibility index (Phi) is 12.4. The average Bonchev–Trinajstić information content (AvgIpc) is 3.02. The summed E-state index contributed by atoms with van der Waals surface area (Å²) in [6.07, 6.45) is -0.961. The van der Waals surface area contributed by atoms with E-state index in [4.69, 9.17) is 14.2 Å². The molecule has 3 aromatic carbocycles. The lowest BCUT2D eigenvalue weighted by Gasteiger charge is -2.35. The highest BCUT2D eigenvalue weighted by Gasteiger charge is 2.44. The van der Waals surface area contributed by atoms with Gasteiger partial charge in [-0.25, -0.2) is 14.4 Å². The highest BCUT2D eigenvalue weighted by molar-refractivity contribution is 5.97. The Morgan fingerprint density at radius 2 is 1.24 bits per heavy atom. The third-order valence-electron chi connectivity index (χ3n) is 6.66. The molecule has 0 bridgehead atoms. The third-order valence-corrected chi connectivity index (χ3v) is 6.66. The van der Waals surface area contributed by atoms with Crippen LogP contribution in [0.1, 0.15) is 56.1 Å². The fourth-order valence-corrected chi connectivity index (χ4v) is 4.27. The summed E-state index contributed by atoms with van der Waals surface area (Å²) < 4.78 is 16.3. The van der Waals surface area contributed by atoms with Crippen LogP contribution in [0.3, 0.4) is 0 Å². The molecule has 0 unspecified atom stereocenters. The first-order valence-corrected chi connectivity index (χ1v) is 14.9. The van der Waals surface area contributed by atoms with Gasteiger partial charge in [0.1, 0.15) is 30.9 Å². The molecule has 0 radical (unpaired) electrons. The Balaban J connectivity index is 1.90. The van der Waals surface area contributed by atoms with Gasteiger partial charge >= 0.3 is 18.0 Å². The van der Waals surface area contributed by atoms with Crippen molar-refractivity contribution in [2.45, 2.75) is 70.9 Å². The van der Waals surface area contributed by atoms with Gasteiger partial charge in [0.15, 0.2) is 5.54 Å². The number of carbonyl (C=O) groups excluding carboxylic acids is 5. The van der Waals surface area contributed by atoms with Crippen LogP contribution in [0.15, 0.2) is 91.0 Å². The molecule has 0 saturated heterocycles. The van der Waals surface area contributed by atoms with Gasteiger partial charge in [-0.2, -0.15) is 0 Å². The first-order chi connectivity index (χ1) is 21.8. The standard InChI is InChI=1S/C35H41N3O8/c1-24(37-33(43)46-34(3,4)5)29(39)38-35(21-26-15-9-6-10-16-26,23-45-31(41)28-19-13-8-14-20-28)32(42)36-25(2)30(40)44-22-27-17-11-7-12-18-27/h6-20,24-25H,21-23H2,1-5H3,(H,36,42)(H,37,43)(H,38,39)/t24-,25-,35+/m0/s1. The maximum Gasteiger partial charge on any atom is 0.408 e. The van der Waals surface area contributed by atoms with Gasteiger partial charge in [0.25, 0.3) is 0 Å². The van der Waals surface area contributed by atoms with E-state index in [-0.39, 0.29) is 18.6 Å². The van der Waals surface area contributed by atoms with Gasteiger partial charge in [-0.1, -0.05) is 78.9 Å². The molecule has 0 saturated carbocycles. The van der Waals surface area contributed by atoms with Crippen LogP contribution < -0.4 is 16.0 Å².